The van der Waals surface area contributed by atoms with Crippen LogP contribution in [0.1, 0.15) is 39.7 Å². The second-order valence-corrected chi connectivity index (χ2v) is 6.83. The largest absolute Gasteiger partial charge is 0.443 e. The number of hydrogen-bond donors (Lipinski definition) is 0. The number of carbonyl (C=O) groups is 1. The van der Waals surface area contributed by atoms with Gasteiger partial charge in [-0.15, -0.1) is 0 Å². The van der Waals surface area contributed by atoms with Crippen molar-refractivity contribution in [2.24, 2.45) is 5.92 Å². The lowest BCUT2D eigenvalue weighted by molar-refractivity contribution is -0.384. The van der Waals surface area contributed by atoms with Crippen LogP contribution in [-0.4, -0.2) is 28.1 Å². The number of carbonyl (C=O) groups excluding carboxylic acids is 1. The van der Waals surface area contributed by atoms with Crippen molar-refractivity contribution in [2.75, 3.05) is 6.54 Å². The minimum atomic E-state index is -0.571. The lowest BCUT2D eigenvalue weighted by atomic mass is 9.98. The number of benzene rings is 1. The molecule has 6 nitrogen and oxygen atoms in total. The molecule has 0 aromatic heterocycles. The summed E-state index contributed by atoms with van der Waals surface area (Å²) in [6.45, 7) is 8.12. The van der Waals surface area contributed by atoms with E-state index < -0.39 is 16.6 Å². The molecule has 0 N–H and O–H groups in total. The molecule has 0 spiro atoms. The molecule has 1 heterocycles. The third-order valence-electron chi connectivity index (χ3n) is 3.49. The highest BCUT2D eigenvalue weighted by atomic mass is 16.6. The zero-order chi connectivity index (χ0) is 17.2. The van der Waals surface area contributed by atoms with Gasteiger partial charge in [-0.2, -0.15) is 0 Å². The van der Waals surface area contributed by atoms with Crippen LogP contribution in [0.2, 0.25) is 0 Å². The summed E-state index contributed by atoms with van der Waals surface area (Å²) in [4.78, 5) is 24.4. The molecule has 0 saturated carbocycles. The fourth-order valence-electron chi connectivity index (χ4n) is 2.43. The van der Waals surface area contributed by atoms with E-state index in [-0.39, 0.29) is 5.69 Å². The van der Waals surface area contributed by atoms with Crippen LogP contribution in [0.5, 0.6) is 0 Å². The van der Waals surface area contributed by atoms with E-state index in [1.807, 2.05) is 26.8 Å². The van der Waals surface area contributed by atoms with Crippen molar-refractivity contribution in [1.82, 2.24) is 4.90 Å². The molecular formula is C17H22N2O4. The number of nitro benzene ring substituents is 1. The Hall–Kier alpha value is -2.37. The van der Waals surface area contributed by atoms with Crippen LogP contribution < -0.4 is 0 Å². The second-order valence-electron chi connectivity index (χ2n) is 6.83. The Kier molecular flexibility index (Phi) is 4.73. The van der Waals surface area contributed by atoms with Crippen LogP contribution in [0.15, 0.2) is 30.3 Å². The Morgan fingerprint density at radius 3 is 2.43 bits per heavy atom. The summed E-state index contributed by atoms with van der Waals surface area (Å²) in [5.41, 5.74) is 0.973. The van der Waals surface area contributed by atoms with Crippen molar-refractivity contribution in [3.63, 3.8) is 0 Å². The molecule has 0 bridgehead atoms. The summed E-state index contributed by atoms with van der Waals surface area (Å²) >= 11 is 0. The van der Waals surface area contributed by atoms with E-state index in [0.29, 0.717) is 12.5 Å². The van der Waals surface area contributed by atoms with E-state index in [9.17, 15) is 14.9 Å². The molecule has 1 aliphatic rings. The quantitative estimate of drug-likeness (QED) is 0.604. The number of nitro groups is 1. The fourth-order valence-corrected chi connectivity index (χ4v) is 2.43. The molecule has 6 heteroatoms. The third-order valence-corrected chi connectivity index (χ3v) is 3.49. The molecule has 1 aliphatic heterocycles. The number of nitrogens with zero attached hydrogens (tertiary/aromatic N) is 2. The average Bonchev–Trinajstić information content (AvgIpc) is 2.45. The first-order valence-corrected chi connectivity index (χ1v) is 7.63. The van der Waals surface area contributed by atoms with Gasteiger partial charge < -0.3 is 4.74 Å². The van der Waals surface area contributed by atoms with Gasteiger partial charge in [-0.1, -0.05) is 13.0 Å². The highest BCUT2D eigenvalue weighted by Crippen LogP contribution is 2.30. The van der Waals surface area contributed by atoms with Crippen molar-refractivity contribution < 1.29 is 14.5 Å². The van der Waals surface area contributed by atoms with Gasteiger partial charge in [-0.3, -0.25) is 15.0 Å². The smallest absolute Gasteiger partial charge is 0.414 e. The summed E-state index contributed by atoms with van der Waals surface area (Å²) in [6.07, 6.45) is 2.44. The Labute approximate surface area is 135 Å². The Balaban J connectivity index is 2.29. The summed E-state index contributed by atoms with van der Waals surface area (Å²) in [5, 5.41) is 10.8. The number of amides is 1. The molecular weight excluding hydrogens is 296 g/mol. The number of non-ortho nitro benzene ring substituents is 1. The van der Waals surface area contributed by atoms with Gasteiger partial charge in [0.25, 0.3) is 5.69 Å². The number of rotatable bonds is 2. The van der Waals surface area contributed by atoms with Crippen LogP contribution in [0.3, 0.4) is 0 Å². The van der Waals surface area contributed by atoms with Gasteiger partial charge in [-0.25, -0.2) is 4.79 Å². The molecule has 0 radical (unpaired) electrons. The van der Waals surface area contributed by atoms with Crippen molar-refractivity contribution in [3.8, 4) is 0 Å². The maximum absolute atomic E-state index is 12.5. The molecule has 0 aliphatic carbocycles. The molecule has 0 fully saturated rings. The molecule has 0 saturated heterocycles. The highest BCUT2D eigenvalue weighted by molar-refractivity contribution is 5.83. The summed E-state index contributed by atoms with van der Waals surface area (Å²) in [6, 6.07) is 6.22. The second kappa shape index (κ2) is 6.40. The predicted octanol–water partition coefficient (Wildman–Crippen LogP) is 4.21. The molecule has 1 aromatic rings. The molecule has 23 heavy (non-hydrogen) atoms. The monoisotopic (exact) mass is 318 g/mol. The molecule has 124 valence electrons. The standard InChI is InChI=1S/C17H22N2O4/c1-12-5-10-15(13-6-8-14(9-7-13)19(21)22)18(11-12)16(20)23-17(2,3)4/h6-10,12H,5,11H2,1-4H3. The van der Waals surface area contributed by atoms with Crippen LogP contribution in [-0.2, 0) is 4.74 Å². The minimum Gasteiger partial charge on any atom is -0.443 e. The van der Waals surface area contributed by atoms with E-state index in [1.54, 1.807) is 17.0 Å². The highest BCUT2D eigenvalue weighted by Gasteiger charge is 2.29. The first kappa shape index (κ1) is 17.0. The van der Waals surface area contributed by atoms with E-state index in [2.05, 4.69) is 6.92 Å². The van der Waals surface area contributed by atoms with E-state index in [4.69, 9.17) is 4.74 Å². The molecule has 1 unspecified atom stereocenters. The lowest BCUT2D eigenvalue weighted by Crippen LogP contribution is -2.39. The van der Waals surface area contributed by atoms with Gasteiger partial charge in [0, 0.05) is 18.7 Å². The number of hydrogen-bond acceptors (Lipinski definition) is 4. The average molecular weight is 318 g/mol. The molecule has 1 amide bonds. The van der Waals surface area contributed by atoms with E-state index >= 15 is 0 Å². The van der Waals surface area contributed by atoms with Gasteiger partial charge in [0.15, 0.2) is 0 Å². The van der Waals surface area contributed by atoms with Crippen molar-refractivity contribution in [1.29, 1.82) is 0 Å². The van der Waals surface area contributed by atoms with Crippen LogP contribution in [0.25, 0.3) is 5.70 Å². The summed E-state index contributed by atoms with van der Waals surface area (Å²) in [5.74, 6) is 0.337. The van der Waals surface area contributed by atoms with Crippen LogP contribution >= 0.6 is 0 Å². The number of ether oxygens (including phenoxy) is 1. The topological polar surface area (TPSA) is 72.7 Å². The first-order chi connectivity index (χ1) is 10.7. The Bertz CT molecular complexity index is 629. The maximum atomic E-state index is 12.5. The van der Waals surface area contributed by atoms with Gasteiger partial charge >= 0.3 is 6.09 Å². The Morgan fingerprint density at radius 2 is 1.91 bits per heavy atom. The van der Waals surface area contributed by atoms with Gasteiger partial charge in [0.1, 0.15) is 5.60 Å². The Morgan fingerprint density at radius 1 is 1.30 bits per heavy atom. The zero-order valence-corrected chi connectivity index (χ0v) is 13.9. The first-order valence-electron chi connectivity index (χ1n) is 7.63. The maximum Gasteiger partial charge on any atom is 0.414 e. The van der Waals surface area contributed by atoms with Gasteiger partial charge in [0.2, 0.25) is 0 Å². The SMILES string of the molecule is CC1CC=C(c2ccc([N+](=O)[O-])cc2)N(C(=O)OC(C)(C)C)C1. The van der Waals surface area contributed by atoms with Crippen molar-refractivity contribution >= 4 is 17.5 Å². The van der Waals surface area contributed by atoms with Crippen LogP contribution in [0, 0.1) is 16.0 Å². The normalized spacial score (nSPS) is 18.3. The van der Waals surface area contributed by atoms with Gasteiger partial charge in [0.05, 0.1) is 10.6 Å². The van der Waals surface area contributed by atoms with E-state index in [1.165, 1.54) is 12.1 Å². The molecule has 1 atom stereocenters. The summed E-state index contributed by atoms with van der Waals surface area (Å²) < 4.78 is 5.48. The molecule has 2 rings (SSSR count). The minimum absolute atomic E-state index is 0.0299. The lowest BCUT2D eigenvalue weighted by Gasteiger charge is -2.33. The van der Waals surface area contributed by atoms with Gasteiger partial charge in [-0.05, 0) is 50.8 Å². The summed E-state index contributed by atoms with van der Waals surface area (Å²) in [7, 11) is 0. The zero-order valence-electron chi connectivity index (χ0n) is 13.9. The number of allylic oxidation sites excluding steroid dienone is 1. The van der Waals surface area contributed by atoms with Crippen molar-refractivity contribution in [3.05, 3.63) is 46.0 Å². The van der Waals surface area contributed by atoms with Crippen LogP contribution in [0.4, 0.5) is 10.5 Å². The fraction of sp³-hybridized carbons (Fsp3) is 0.471. The van der Waals surface area contributed by atoms with Crippen molar-refractivity contribution in [2.45, 2.75) is 39.7 Å². The third kappa shape index (κ3) is 4.31. The molecule has 1 aromatic carbocycles. The predicted molar refractivity (Wildman–Crippen MR) is 87.8 cm³/mol. The van der Waals surface area contributed by atoms with E-state index in [0.717, 1.165) is 17.7 Å².